The Morgan fingerprint density at radius 1 is 1.15 bits per heavy atom. The lowest BCUT2D eigenvalue weighted by Gasteiger charge is -2.05. The molecule has 0 aliphatic carbocycles. The normalized spacial score (nSPS) is 9.04. The molecule has 0 saturated carbocycles. The number of hydrogen-bond acceptors (Lipinski definition) is 3. The predicted octanol–water partition coefficient (Wildman–Crippen LogP) is 6.11. The summed E-state index contributed by atoms with van der Waals surface area (Å²) in [7, 11) is 1.33. The second kappa shape index (κ2) is 14.4. The van der Waals surface area contributed by atoms with Crippen molar-refractivity contribution in [1.29, 1.82) is 0 Å². The van der Waals surface area contributed by atoms with Crippen LogP contribution in [0.3, 0.4) is 0 Å². The lowest BCUT2D eigenvalue weighted by atomic mass is 10.0. The first kappa shape index (κ1) is 24.2. The van der Waals surface area contributed by atoms with E-state index in [1.807, 2.05) is 61.5 Å². The molecule has 0 heterocycles. The smallest absolute Gasteiger partial charge is 0.332 e. The van der Waals surface area contributed by atoms with Crippen LogP contribution in [0.5, 0.6) is 5.75 Å². The van der Waals surface area contributed by atoms with E-state index >= 15 is 0 Å². The van der Waals surface area contributed by atoms with Crippen LogP contribution < -0.4 is 0 Å². The number of phenolic OH excluding ortho intramolecular Hbond substituents is 1. The molecular weight excluding hydrogens is 336 g/mol. The molecule has 0 atom stereocenters. The SMILES string of the molecule is C=C(C)C(=O)OC.C=Cc1ccccc1.CCCCc1cccc(C)c1O. The van der Waals surface area contributed by atoms with Gasteiger partial charge in [0.1, 0.15) is 5.75 Å². The number of esters is 1. The zero-order valence-electron chi connectivity index (χ0n) is 17.0. The number of rotatable bonds is 5. The van der Waals surface area contributed by atoms with Gasteiger partial charge in [-0.05, 0) is 43.4 Å². The first-order valence-electron chi connectivity index (χ1n) is 9.06. The van der Waals surface area contributed by atoms with Gasteiger partial charge in [-0.2, -0.15) is 0 Å². The third-order valence-electron chi connectivity index (χ3n) is 3.69. The molecule has 3 nitrogen and oxygen atoms in total. The van der Waals surface area contributed by atoms with Gasteiger partial charge in [0.15, 0.2) is 0 Å². The van der Waals surface area contributed by atoms with Gasteiger partial charge in [-0.1, -0.05) is 81.1 Å². The number of methoxy groups -OCH3 is 1. The van der Waals surface area contributed by atoms with Gasteiger partial charge in [-0.15, -0.1) is 0 Å². The highest BCUT2D eigenvalue weighted by Gasteiger charge is 2.01. The molecule has 0 aromatic heterocycles. The first-order valence-corrected chi connectivity index (χ1v) is 9.06. The van der Waals surface area contributed by atoms with Crippen molar-refractivity contribution >= 4 is 12.0 Å². The van der Waals surface area contributed by atoms with Gasteiger partial charge in [0, 0.05) is 5.57 Å². The standard InChI is InChI=1S/C11H16O.C8H8.C5H8O2/c1-3-4-7-10-8-5-6-9(2)11(10)12;1-2-8-6-4-3-5-7-8;1-4(2)5(6)7-3/h5-6,8,12H,3-4,7H2,1-2H3;2-7H,1H2;1H2,2-3H3. The van der Waals surface area contributed by atoms with E-state index < -0.39 is 0 Å². The number of carbonyl (C=O) groups excluding carboxylic acids is 1. The Balaban J connectivity index is 0.000000395. The molecule has 0 unspecified atom stereocenters. The third-order valence-corrected chi connectivity index (χ3v) is 3.69. The van der Waals surface area contributed by atoms with E-state index in [-0.39, 0.29) is 5.97 Å². The summed E-state index contributed by atoms with van der Waals surface area (Å²) in [6.07, 6.45) is 5.15. The second-order valence-corrected chi connectivity index (χ2v) is 6.07. The molecule has 0 amide bonds. The minimum atomic E-state index is -0.347. The molecule has 3 heteroatoms. The summed E-state index contributed by atoms with van der Waals surface area (Å²) in [6.45, 7) is 12.7. The fraction of sp³-hybridized carbons (Fsp3) is 0.292. The largest absolute Gasteiger partial charge is 0.507 e. The Morgan fingerprint density at radius 3 is 2.19 bits per heavy atom. The highest BCUT2D eigenvalue weighted by molar-refractivity contribution is 5.86. The molecule has 2 rings (SSSR count). The Hall–Kier alpha value is -2.81. The van der Waals surface area contributed by atoms with Crippen molar-refractivity contribution in [1.82, 2.24) is 0 Å². The molecule has 27 heavy (non-hydrogen) atoms. The van der Waals surface area contributed by atoms with Crippen molar-refractivity contribution in [2.45, 2.75) is 40.0 Å². The number of aromatic hydroxyl groups is 1. The fourth-order valence-corrected chi connectivity index (χ4v) is 2.05. The lowest BCUT2D eigenvalue weighted by molar-refractivity contribution is -0.136. The number of carbonyl (C=O) groups is 1. The van der Waals surface area contributed by atoms with Crippen LogP contribution in [0.1, 0.15) is 43.4 Å². The fourth-order valence-electron chi connectivity index (χ4n) is 2.05. The van der Waals surface area contributed by atoms with Gasteiger partial charge in [-0.25, -0.2) is 4.79 Å². The average Bonchev–Trinajstić information content (AvgIpc) is 2.70. The van der Waals surface area contributed by atoms with Gasteiger partial charge in [0.25, 0.3) is 0 Å². The monoisotopic (exact) mass is 368 g/mol. The van der Waals surface area contributed by atoms with Crippen LogP contribution in [0, 0.1) is 6.92 Å². The summed E-state index contributed by atoms with van der Waals surface area (Å²) in [5.41, 5.74) is 3.66. The van der Waals surface area contributed by atoms with Crippen molar-refractivity contribution in [3.05, 3.63) is 84.0 Å². The molecule has 2 aromatic rings. The Bertz CT molecular complexity index is 703. The Morgan fingerprint density at radius 2 is 1.78 bits per heavy atom. The maximum Gasteiger partial charge on any atom is 0.332 e. The summed E-state index contributed by atoms with van der Waals surface area (Å²) < 4.78 is 4.27. The second-order valence-electron chi connectivity index (χ2n) is 6.07. The lowest BCUT2D eigenvalue weighted by Crippen LogP contribution is -1.98. The van der Waals surface area contributed by atoms with E-state index in [1.165, 1.54) is 19.1 Å². The van der Waals surface area contributed by atoms with Crippen LogP contribution in [-0.2, 0) is 16.0 Å². The molecule has 146 valence electrons. The third kappa shape index (κ3) is 10.7. The molecule has 2 aromatic carbocycles. The average molecular weight is 369 g/mol. The summed E-state index contributed by atoms with van der Waals surface area (Å²) in [5, 5.41) is 9.62. The number of benzene rings is 2. The van der Waals surface area contributed by atoms with Gasteiger partial charge < -0.3 is 9.84 Å². The van der Waals surface area contributed by atoms with Crippen LogP contribution in [0.2, 0.25) is 0 Å². The van der Waals surface area contributed by atoms with E-state index in [0.717, 1.165) is 24.0 Å². The van der Waals surface area contributed by atoms with Crippen molar-refractivity contribution in [2.24, 2.45) is 0 Å². The van der Waals surface area contributed by atoms with Crippen molar-refractivity contribution in [2.75, 3.05) is 7.11 Å². The molecule has 0 aliphatic heterocycles. The number of unbranched alkanes of at least 4 members (excludes halogenated alkanes) is 1. The predicted molar refractivity (Wildman–Crippen MR) is 115 cm³/mol. The topological polar surface area (TPSA) is 46.5 Å². The maximum atomic E-state index is 10.2. The summed E-state index contributed by atoms with van der Waals surface area (Å²) in [5.74, 6) is 0.131. The van der Waals surface area contributed by atoms with Gasteiger partial charge in [-0.3, -0.25) is 0 Å². The zero-order valence-corrected chi connectivity index (χ0v) is 17.0. The first-order chi connectivity index (χ1) is 12.9. The Labute approximate surface area is 164 Å². The van der Waals surface area contributed by atoms with Crippen LogP contribution in [0.15, 0.2) is 67.3 Å². The molecule has 1 N–H and O–H groups in total. The van der Waals surface area contributed by atoms with E-state index in [2.05, 4.69) is 24.8 Å². The number of hydrogen-bond donors (Lipinski definition) is 1. The van der Waals surface area contributed by atoms with Crippen LogP contribution >= 0.6 is 0 Å². The van der Waals surface area contributed by atoms with E-state index in [9.17, 15) is 9.90 Å². The van der Waals surface area contributed by atoms with Gasteiger partial charge >= 0.3 is 5.97 Å². The van der Waals surface area contributed by atoms with Gasteiger partial charge in [0.05, 0.1) is 7.11 Å². The van der Waals surface area contributed by atoms with Crippen LogP contribution in [0.25, 0.3) is 6.08 Å². The van der Waals surface area contributed by atoms with Crippen LogP contribution in [-0.4, -0.2) is 18.2 Å². The number of ether oxygens (including phenoxy) is 1. The molecule has 0 spiro atoms. The van der Waals surface area contributed by atoms with E-state index in [1.54, 1.807) is 6.92 Å². The van der Waals surface area contributed by atoms with E-state index in [0.29, 0.717) is 11.3 Å². The summed E-state index contributed by atoms with van der Waals surface area (Å²) in [4.78, 5) is 10.2. The zero-order chi connectivity index (χ0) is 20.7. The highest BCUT2D eigenvalue weighted by atomic mass is 16.5. The summed E-state index contributed by atoms with van der Waals surface area (Å²) in [6, 6.07) is 16.0. The van der Waals surface area contributed by atoms with Crippen molar-refractivity contribution in [3.63, 3.8) is 0 Å². The maximum absolute atomic E-state index is 10.2. The Kier molecular flexibility index (Phi) is 12.9. The summed E-state index contributed by atoms with van der Waals surface area (Å²) >= 11 is 0. The van der Waals surface area contributed by atoms with Crippen molar-refractivity contribution < 1.29 is 14.6 Å². The molecule has 0 bridgehead atoms. The van der Waals surface area contributed by atoms with Gasteiger partial charge in [0.2, 0.25) is 0 Å². The minimum absolute atomic E-state index is 0.347. The number of aryl methyl sites for hydroxylation is 2. The quantitative estimate of drug-likeness (QED) is 0.512. The molecular formula is C24H32O3. The number of phenols is 1. The number of para-hydroxylation sites is 1. The highest BCUT2D eigenvalue weighted by Crippen LogP contribution is 2.22. The molecule has 0 radical (unpaired) electrons. The molecule has 0 aliphatic rings. The molecule has 0 fully saturated rings. The minimum Gasteiger partial charge on any atom is -0.507 e. The van der Waals surface area contributed by atoms with Crippen molar-refractivity contribution in [3.8, 4) is 5.75 Å². The molecule has 0 saturated heterocycles. The van der Waals surface area contributed by atoms with E-state index in [4.69, 9.17) is 0 Å². The van der Waals surface area contributed by atoms with Crippen LogP contribution in [0.4, 0.5) is 0 Å².